The lowest BCUT2D eigenvalue weighted by Gasteiger charge is -2.07. The largest absolute Gasteiger partial charge is 0.354 e. The van der Waals surface area contributed by atoms with Crippen molar-refractivity contribution < 1.29 is 4.52 Å². The van der Waals surface area contributed by atoms with Crippen molar-refractivity contribution >= 4 is 11.1 Å². The van der Waals surface area contributed by atoms with Crippen LogP contribution in [0.25, 0.3) is 11.1 Å². The van der Waals surface area contributed by atoms with Crippen molar-refractivity contribution in [1.82, 2.24) is 15.5 Å². The Hall–Kier alpha value is -1.42. The van der Waals surface area contributed by atoms with Crippen molar-refractivity contribution in [3.8, 4) is 0 Å². The maximum absolute atomic E-state index is 5.35. The number of fused-ring (bicyclic) bond motifs is 1. The second-order valence-corrected chi connectivity index (χ2v) is 4.04. The molecule has 0 aliphatic carbocycles. The molecule has 1 aliphatic heterocycles. The summed E-state index contributed by atoms with van der Waals surface area (Å²) in [6.07, 6.45) is 3.01. The summed E-state index contributed by atoms with van der Waals surface area (Å²) in [5.41, 5.74) is 3.88. The van der Waals surface area contributed by atoms with Crippen LogP contribution in [0.3, 0.4) is 0 Å². The molecular weight excluding hydrogens is 190 g/mol. The molecule has 2 aromatic rings. The fourth-order valence-electron chi connectivity index (χ4n) is 2.22. The molecule has 0 aromatic carbocycles. The minimum absolute atomic E-state index is 0.544. The van der Waals surface area contributed by atoms with Gasteiger partial charge in [-0.05, 0) is 26.0 Å². The van der Waals surface area contributed by atoms with Crippen LogP contribution in [0.5, 0.6) is 0 Å². The highest BCUT2D eigenvalue weighted by Crippen LogP contribution is 2.29. The van der Waals surface area contributed by atoms with Gasteiger partial charge in [-0.1, -0.05) is 5.16 Å². The van der Waals surface area contributed by atoms with Crippen molar-refractivity contribution in [3.05, 3.63) is 23.5 Å². The van der Waals surface area contributed by atoms with E-state index >= 15 is 0 Å². The molecule has 78 valence electrons. The van der Waals surface area contributed by atoms with Crippen molar-refractivity contribution in [1.29, 1.82) is 0 Å². The van der Waals surface area contributed by atoms with E-state index in [0.29, 0.717) is 5.92 Å². The number of nitrogens with one attached hydrogen (secondary N) is 1. The summed E-state index contributed by atoms with van der Waals surface area (Å²) < 4.78 is 5.35. The lowest BCUT2D eigenvalue weighted by Crippen LogP contribution is -2.08. The Labute approximate surface area is 87.7 Å². The Balaban J connectivity index is 2.17. The van der Waals surface area contributed by atoms with Crippen LogP contribution < -0.4 is 5.32 Å². The van der Waals surface area contributed by atoms with Gasteiger partial charge in [0.25, 0.3) is 0 Å². The molecule has 4 nitrogen and oxygen atoms in total. The van der Waals surface area contributed by atoms with Crippen LogP contribution in [-0.4, -0.2) is 23.2 Å². The van der Waals surface area contributed by atoms with Crippen molar-refractivity contribution in [2.24, 2.45) is 0 Å². The average Bonchev–Trinajstić information content (AvgIpc) is 2.88. The monoisotopic (exact) mass is 203 g/mol. The fraction of sp³-hybridized carbons (Fsp3) is 0.455. The van der Waals surface area contributed by atoms with E-state index in [1.54, 1.807) is 0 Å². The van der Waals surface area contributed by atoms with Crippen LogP contribution >= 0.6 is 0 Å². The highest BCUT2D eigenvalue weighted by atomic mass is 16.5. The molecule has 0 spiro atoms. The first-order valence-corrected chi connectivity index (χ1v) is 5.28. The van der Waals surface area contributed by atoms with Crippen LogP contribution in [-0.2, 0) is 0 Å². The zero-order valence-electron chi connectivity index (χ0n) is 8.66. The van der Waals surface area contributed by atoms with Crippen LogP contribution in [0, 0.1) is 6.92 Å². The van der Waals surface area contributed by atoms with E-state index in [9.17, 15) is 0 Å². The lowest BCUT2D eigenvalue weighted by atomic mass is 9.98. The minimum Gasteiger partial charge on any atom is -0.354 e. The van der Waals surface area contributed by atoms with Crippen LogP contribution in [0.2, 0.25) is 0 Å². The molecule has 2 aromatic heterocycles. The van der Waals surface area contributed by atoms with Crippen LogP contribution in [0.4, 0.5) is 0 Å². The number of aromatic nitrogens is 2. The third kappa shape index (κ3) is 1.33. The van der Waals surface area contributed by atoms with E-state index in [1.165, 1.54) is 12.0 Å². The Morgan fingerprint density at radius 1 is 1.53 bits per heavy atom. The quantitative estimate of drug-likeness (QED) is 0.765. The summed E-state index contributed by atoms with van der Waals surface area (Å²) in [5, 5.41) is 7.33. The van der Waals surface area contributed by atoms with Crippen molar-refractivity contribution in [2.75, 3.05) is 13.1 Å². The summed E-state index contributed by atoms with van der Waals surface area (Å²) in [4.78, 5) is 4.30. The zero-order chi connectivity index (χ0) is 10.3. The lowest BCUT2D eigenvalue weighted by molar-refractivity contribution is 0.446. The Morgan fingerprint density at radius 3 is 3.27 bits per heavy atom. The van der Waals surface area contributed by atoms with Gasteiger partial charge >= 0.3 is 0 Å². The molecule has 3 rings (SSSR count). The average molecular weight is 203 g/mol. The molecule has 0 saturated carbocycles. The molecular formula is C11H13N3O. The Bertz CT molecular complexity index is 486. The molecule has 4 heteroatoms. The first kappa shape index (κ1) is 8.85. The highest BCUT2D eigenvalue weighted by Gasteiger charge is 2.21. The number of aryl methyl sites for hydroxylation is 1. The summed E-state index contributed by atoms with van der Waals surface area (Å²) in [5.74, 6) is 0.544. The second-order valence-electron chi connectivity index (χ2n) is 4.04. The number of hydrogen-bond donors (Lipinski definition) is 1. The van der Waals surface area contributed by atoms with Gasteiger partial charge in [-0.25, -0.2) is 0 Å². The summed E-state index contributed by atoms with van der Waals surface area (Å²) >= 11 is 0. The van der Waals surface area contributed by atoms with E-state index in [1.807, 2.05) is 19.2 Å². The van der Waals surface area contributed by atoms with E-state index < -0.39 is 0 Å². The third-order valence-electron chi connectivity index (χ3n) is 3.05. The Kier molecular flexibility index (Phi) is 1.95. The van der Waals surface area contributed by atoms with E-state index in [2.05, 4.69) is 15.5 Å². The normalized spacial score (nSPS) is 21.3. The van der Waals surface area contributed by atoms with Crippen molar-refractivity contribution in [3.63, 3.8) is 0 Å². The van der Waals surface area contributed by atoms with Crippen molar-refractivity contribution in [2.45, 2.75) is 19.3 Å². The Morgan fingerprint density at radius 2 is 2.47 bits per heavy atom. The van der Waals surface area contributed by atoms with Gasteiger partial charge in [-0.3, -0.25) is 4.98 Å². The van der Waals surface area contributed by atoms with Gasteiger partial charge in [0.2, 0.25) is 0 Å². The number of nitrogens with zero attached hydrogens (tertiary/aromatic N) is 2. The summed E-state index contributed by atoms with van der Waals surface area (Å²) in [7, 11) is 0. The van der Waals surface area contributed by atoms with Gasteiger partial charge in [0.1, 0.15) is 11.2 Å². The maximum Gasteiger partial charge on any atom is 0.189 e. The second kappa shape index (κ2) is 3.31. The molecule has 1 unspecified atom stereocenters. The smallest absolute Gasteiger partial charge is 0.189 e. The van der Waals surface area contributed by atoms with Gasteiger partial charge in [-0.2, -0.15) is 0 Å². The maximum atomic E-state index is 5.35. The molecule has 0 bridgehead atoms. The minimum atomic E-state index is 0.544. The van der Waals surface area contributed by atoms with E-state index in [0.717, 1.165) is 29.9 Å². The van der Waals surface area contributed by atoms with Gasteiger partial charge in [0.05, 0.1) is 0 Å². The predicted molar refractivity (Wildman–Crippen MR) is 56.8 cm³/mol. The molecule has 1 saturated heterocycles. The topological polar surface area (TPSA) is 51.0 Å². The molecule has 1 fully saturated rings. The highest BCUT2D eigenvalue weighted by molar-refractivity contribution is 5.78. The summed E-state index contributed by atoms with van der Waals surface area (Å²) in [6.45, 7) is 4.04. The molecule has 1 aliphatic rings. The molecule has 0 amide bonds. The fourth-order valence-corrected chi connectivity index (χ4v) is 2.22. The van der Waals surface area contributed by atoms with E-state index in [4.69, 9.17) is 4.52 Å². The molecule has 3 heterocycles. The number of pyridine rings is 1. The number of rotatable bonds is 1. The van der Waals surface area contributed by atoms with Gasteiger partial charge in [0, 0.05) is 24.2 Å². The van der Waals surface area contributed by atoms with Gasteiger partial charge in [0.15, 0.2) is 5.58 Å². The predicted octanol–water partition coefficient (Wildman–Crippen LogP) is 1.61. The third-order valence-corrected chi connectivity index (χ3v) is 3.05. The zero-order valence-corrected chi connectivity index (χ0v) is 8.66. The van der Waals surface area contributed by atoms with E-state index in [-0.39, 0.29) is 0 Å². The van der Waals surface area contributed by atoms with Gasteiger partial charge < -0.3 is 9.84 Å². The number of hydrogen-bond acceptors (Lipinski definition) is 4. The first-order chi connectivity index (χ1) is 7.36. The SMILES string of the molecule is Cc1noc2c(C3CCNC3)ccnc12. The van der Waals surface area contributed by atoms with Crippen LogP contribution in [0.15, 0.2) is 16.8 Å². The van der Waals surface area contributed by atoms with Gasteiger partial charge in [-0.15, -0.1) is 0 Å². The molecule has 0 radical (unpaired) electrons. The summed E-state index contributed by atoms with van der Waals surface area (Å²) in [6, 6.07) is 2.05. The molecule has 1 N–H and O–H groups in total. The molecule has 15 heavy (non-hydrogen) atoms. The standard InChI is InChI=1S/C11H13N3O/c1-7-10-11(15-14-7)9(3-5-13-10)8-2-4-12-6-8/h3,5,8,12H,2,4,6H2,1H3. The molecule has 1 atom stereocenters. The van der Waals surface area contributed by atoms with Crippen LogP contribution in [0.1, 0.15) is 23.6 Å². The first-order valence-electron chi connectivity index (χ1n) is 5.28.